The summed E-state index contributed by atoms with van der Waals surface area (Å²) in [5.41, 5.74) is 0.306. The molecule has 1 aromatic rings. The molecule has 1 aliphatic heterocycles. The smallest absolute Gasteiger partial charge is 0.308 e. The lowest BCUT2D eigenvalue weighted by molar-refractivity contribution is -0.143. The highest BCUT2D eigenvalue weighted by Crippen LogP contribution is 2.26. The minimum atomic E-state index is -0.899. The van der Waals surface area contributed by atoms with Crippen molar-refractivity contribution in [1.82, 2.24) is 10.2 Å². The predicted molar refractivity (Wildman–Crippen MR) is 94.5 cm³/mol. The first-order valence-corrected chi connectivity index (χ1v) is 8.70. The summed E-state index contributed by atoms with van der Waals surface area (Å²) in [5, 5.41) is 12.3. The fraction of sp³-hybridized carbons (Fsp3) is 0.500. The Kier molecular flexibility index (Phi) is 6.06. The van der Waals surface area contributed by atoms with E-state index in [9.17, 15) is 19.5 Å². The summed E-state index contributed by atoms with van der Waals surface area (Å²) in [6.07, 6.45) is 0.422. The van der Waals surface area contributed by atoms with Gasteiger partial charge in [-0.15, -0.1) is 0 Å². The molecule has 1 aliphatic rings. The second-order valence-electron chi connectivity index (χ2n) is 6.68. The molecule has 3 atom stereocenters. The third kappa shape index (κ3) is 4.12. The molecule has 2 N–H and O–H groups in total. The normalized spacial score (nSPS) is 21.2. The fourth-order valence-electron chi connectivity index (χ4n) is 3.14. The van der Waals surface area contributed by atoms with Crippen LogP contribution in [-0.2, 0) is 9.59 Å². The molecule has 7 heteroatoms. The number of hydrogen-bond donors (Lipinski definition) is 2. The number of amides is 2. The molecule has 1 heterocycles. The Morgan fingerprint density at radius 2 is 1.92 bits per heavy atom. The van der Waals surface area contributed by atoms with Crippen LogP contribution in [0.1, 0.15) is 37.6 Å². The minimum Gasteiger partial charge on any atom is -0.481 e. The third-order valence-corrected chi connectivity index (χ3v) is 5.02. The molecular formula is C18H23ClN2O4. The summed E-state index contributed by atoms with van der Waals surface area (Å²) in [6, 6.07) is 5.50. The molecule has 136 valence electrons. The van der Waals surface area contributed by atoms with Gasteiger partial charge in [0, 0.05) is 12.6 Å². The molecule has 0 aromatic heterocycles. The number of carbonyl (C=O) groups excluding carboxylic acids is 2. The van der Waals surface area contributed by atoms with Gasteiger partial charge in [0.2, 0.25) is 5.91 Å². The van der Waals surface area contributed by atoms with Crippen molar-refractivity contribution in [2.75, 3.05) is 6.54 Å². The van der Waals surface area contributed by atoms with E-state index < -0.39 is 29.9 Å². The number of likely N-dealkylation sites (tertiary alicyclic amines) is 1. The number of halogens is 1. The molecule has 0 saturated carbocycles. The lowest BCUT2D eigenvalue weighted by Crippen LogP contribution is -2.52. The van der Waals surface area contributed by atoms with Gasteiger partial charge in [-0.25, -0.2) is 0 Å². The van der Waals surface area contributed by atoms with Gasteiger partial charge in [0.25, 0.3) is 5.91 Å². The van der Waals surface area contributed by atoms with Crippen LogP contribution in [0.15, 0.2) is 24.3 Å². The lowest BCUT2D eigenvalue weighted by atomic mass is 10.00. The summed E-state index contributed by atoms with van der Waals surface area (Å²) >= 11 is 6.04. The molecule has 0 radical (unpaired) electrons. The van der Waals surface area contributed by atoms with Gasteiger partial charge in [-0.1, -0.05) is 37.6 Å². The van der Waals surface area contributed by atoms with Crippen molar-refractivity contribution in [3.05, 3.63) is 34.9 Å². The van der Waals surface area contributed by atoms with Crippen molar-refractivity contribution in [1.29, 1.82) is 0 Å². The SMILES string of the molecule is CC(C)C(NC(=O)c1ccccc1Cl)C(=O)N1CCC(C(=O)O)C1C. The molecule has 1 fully saturated rings. The zero-order valence-electron chi connectivity index (χ0n) is 14.5. The molecule has 2 rings (SSSR count). The average Bonchev–Trinajstić information content (AvgIpc) is 2.93. The van der Waals surface area contributed by atoms with Crippen LogP contribution in [0.4, 0.5) is 0 Å². The van der Waals surface area contributed by atoms with Crippen LogP contribution < -0.4 is 5.32 Å². The van der Waals surface area contributed by atoms with Gasteiger partial charge < -0.3 is 15.3 Å². The highest BCUT2D eigenvalue weighted by Gasteiger charge is 2.41. The molecule has 0 bridgehead atoms. The average molecular weight is 367 g/mol. The number of hydrogen-bond acceptors (Lipinski definition) is 3. The minimum absolute atomic E-state index is 0.144. The zero-order chi connectivity index (χ0) is 18.7. The van der Waals surface area contributed by atoms with Crippen molar-refractivity contribution in [2.45, 2.75) is 39.3 Å². The lowest BCUT2D eigenvalue weighted by Gasteiger charge is -2.30. The van der Waals surface area contributed by atoms with E-state index in [-0.39, 0.29) is 11.8 Å². The number of carboxylic acids is 1. The van der Waals surface area contributed by atoms with Crippen molar-refractivity contribution in [3.8, 4) is 0 Å². The van der Waals surface area contributed by atoms with Crippen molar-refractivity contribution >= 4 is 29.4 Å². The first-order chi connectivity index (χ1) is 11.7. The maximum absolute atomic E-state index is 12.9. The molecule has 1 saturated heterocycles. The Bertz CT molecular complexity index is 677. The maximum Gasteiger partial charge on any atom is 0.308 e. The van der Waals surface area contributed by atoms with E-state index in [1.54, 1.807) is 36.1 Å². The number of carbonyl (C=O) groups is 3. The number of carboxylic acid groups (broad SMARTS) is 1. The van der Waals surface area contributed by atoms with Crippen LogP contribution in [0.2, 0.25) is 5.02 Å². The third-order valence-electron chi connectivity index (χ3n) is 4.69. The maximum atomic E-state index is 12.9. The fourth-order valence-corrected chi connectivity index (χ4v) is 3.36. The Morgan fingerprint density at radius 1 is 1.28 bits per heavy atom. The molecule has 0 spiro atoms. The van der Waals surface area contributed by atoms with Crippen LogP contribution in [0.5, 0.6) is 0 Å². The molecule has 25 heavy (non-hydrogen) atoms. The highest BCUT2D eigenvalue weighted by molar-refractivity contribution is 6.33. The van der Waals surface area contributed by atoms with Crippen LogP contribution in [0.25, 0.3) is 0 Å². The van der Waals surface area contributed by atoms with Crippen molar-refractivity contribution in [2.24, 2.45) is 11.8 Å². The number of nitrogens with zero attached hydrogens (tertiary/aromatic N) is 1. The van der Waals surface area contributed by atoms with E-state index in [0.29, 0.717) is 23.6 Å². The number of rotatable bonds is 5. The van der Waals surface area contributed by atoms with E-state index in [1.165, 1.54) is 0 Å². The summed E-state index contributed by atoms with van der Waals surface area (Å²) < 4.78 is 0. The van der Waals surface area contributed by atoms with E-state index in [2.05, 4.69) is 5.32 Å². The van der Waals surface area contributed by atoms with E-state index in [1.807, 2.05) is 13.8 Å². The van der Waals surface area contributed by atoms with E-state index in [4.69, 9.17) is 11.6 Å². The topological polar surface area (TPSA) is 86.7 Å². The molecule has 1 aromatic carbocycles. The van der Waals surface area contributed by atoms with Crippen LogP contribution in [0.3, 0.4) is 0 Å². The monoisotopic (exact) mass is 366 g/mol. The van der Waals surface area contributed by atoms with Gasteiger partial charge in [0.15, 0.2) is 0 Å². The largest absolute Gasteiger partial charge is 0.481 e. The van der Waals surface area contributed by atoms with Gasteiger partial charge in [-0.2, -0.15) is 0 Å². The number of benzene rings is 1. The Labute approximate surface area is 152 Å². The summed E-state index contributed by atoms with van der Waals surface area (Å²) in [5.74, 6) is -2.29. The molecular weight excluding hydrogens is 344 g/mol. The zero-order valence-corrected chi connectivity index (χ0v) is 15.3. The summed E-state index contributed by atoms with van der Waals surface area (Å²) in [4.78, 5) is 38.2. The Balaban J connectivity index is 2.16. The first kappa shape index (κ1) is 19.2. The quantitative estimate of drug-likeness (QED) is 0.837. The molecule has 2 amide bonds. The number of aliphatic carboxylic acids is 1. The van der Waals surface area contributed by atoms with E-state index >= 15 is 0 Å². The van der Waals surface area contributed by atoms with Crippen LogP contribution >= 0.6 is 11.6 Å². The second kappa shape index (κ2) is 7.87. The van der Waals surface area contributed by atoms with Crippen molar-refractivity contribution < 1.29 is 19.5 Å². The van der Waals surface area contributed by atoms with Crippen LogP contribution in [-0.4, -0.2) is 46.4 Å². The van der Waals surface area contributed by atoms with E-state index in [0.717, 1.165) is 0 Å². The number of nitrogens with one attached hydrogen (secondary N) is 1. The standard InChI is InChI=1S/C18H23ClN2O4/c1-10(2)15(20-16(22)13-6-4-5-7-14(13)19)17(23)21-9-8-12(11(21)3)18(24)25/h4-7,10-12,15H,8-9H2,1-3H3,(H,20,22)(H,24,25). The Morgan fingerprint density at radius 3 is 2.44 bits per heavy atom. The van der Waals surface area contributed by atoms with Gasteiger partial charge in [-0.3, -0.25) is 14.4 Å². The predicted octanol–water partition coefficient (Wildman–Crippen LogP) is 2.42. The Hall–Kier alpha value is -2.08. The molecule has 6 nitrogen and oxygen atoms in total. The summed E-state index contributed by atoms with van der Waals surface area (Å²) in [7, 11) is 0. The van der Waals surface area contributed by atoms with Gasteiger partial charge in [0.1, 0.15) is 6.04 Å². The molecule has 0 aliphatic carbocycles. The van der Waals surface area contributed by atoms with Crippen molar-refractivity contribution in [3.63, 3.8) is 0 Å². The van der Waals surface area contributed by atoms with Gasteiger partial charge in [-0.05, 0) is 31.4 Å². The second-order valence-corrected chi connectivity index (χ2v) is 7.09. The molecule has 3 unspecified atom stereocenters. The van der Waals surface area contributed by atoms with Gasteiger partial charge >= 0.3 is 5.97 Å². The van der Waals surface area contributed by atoms with Crippen LogP contribution in [0, 0.1) is 11.8 Å². The summed E-state index contributed by atoms with van der Waals surface area (Å²) in [6.45, 7) is 5.79. The van der Waals surface area contributed by atoms with Gasteiger partial charge in [0.05, 0.1) is 16.5 Å². The first-order valence-electron chi connectivity index (χ1n) is 8.32. The highest BCUT2D eigenvalue weighted by atomic mass is 35.5.